The molecule has 2 aromatic carbocycles. The molecule has 132 valence electrons. The number of carbonyl (C=O) groups excluding carboxylic acids is 1. The largest absolute Gasteiger partial charge is 0.495 e. The second-order valence-corrected chi connectivity index (χ2v) is 7.10. The molecule has 2 aromatic rings. The van der Waals surface area contributed by atoms with Crippen LogP contribution in [0.1, 0.15) is 10.4 Å². The van der Waals surface area contributed by atoms with Gasteiger partial charge in [0.2, 0.25) is 0 Å². The van der Waals surface area contributed by atoms with E-state index in [2.05, 4.69) is 16.6 Å². The first-order chi connectivity index (χ1) is 11.9. The summed E-state index contributed by atoms with van der Waals surface area (Å²) in [5.74, 6) is -0.0647. The minimum atomic E-state index is -3.93. The Hall–Kier alpha value is -2.51. The van der Waals surface area contributed by atoms with E-state index in [1.807, 2.05) is 0 Å². The lowest BCUT2D eigenvalue weighted by Gasteiger charge is -2.13. The second-order valence-electron chi connectivity index (χ2n) is 4.98. The van der Waals surface area contributed by atoms with Crippen LogP contribution in [-0.2, 0) is 10.0 Å². The van der Waals surface area contributed by atoms with Crippen molar-refractivity contribution in [1.82, 2.24) is 5.32 Å². The predicted octanol–water partition coefficient (Wildman–Crippen LogP) is 3.07. The van der Waals surface area contributed by atoms with Gasteiger partial charge in [0, 0.05) is 17.1 Å². The molecule has 0 aliphatic heterocycles. The van der Waals surface area contributed by atoms with Crippen LogP contribution in [0.2, 0.25) is 5.02 Å². The van der Waals surface area contributed by atoms with Gasteiger partial charge in [0.05, 0.1) is 17.7 Å². The van der Waals surface area contributed by atoms with Gasteiger partial charge in [-0.2, -0.15) is 0 Å². The van der Waals surface area contributed by atoms with Gasteiger partial charge in [-0.3, -0.25) is 9.52 Å². The van der Waals surface area contributed by atoms with Crippen LogP contribution in [0.5, 0.6) is 5.75 Å². The van der Waals surface area contributed by atoms with E-state index in [0.717, 1.165) is 0 Å². The number of methoxy groups -OCH3 is 1. The van der Waals surface area contributed by atoms with Crippen LogP contribution in [-0.4, -0.2) is 28.0 Å². The zero-order chi connectivity index (χ0) is 18.4. The Morgan fingerprint density at radius 3 is 2.72 bits per heavy atom. The minimum Gasteiger partial charge on any atom is -0.495 e. The average Bonchev–Trinajstić information content (AvgIpc) is 2.59. The van der Waals surface area contributed by atoms with Crippen molar-refractivity contribution < 1.29 is 17.9 Å². The molecule has 0 aliphatic carbocycles. The van der Waals surface area contributed by atoms with Crippen LogP contribution in [0.3, 0.4) is 0 Å². The summed E-state index contributed by atoms with van der Waals surface area (Å²) in [6, 6.07) is 10.3. The summed E-state index contributed by atoms with van der Waals surface area (Å²) >= 11 is 5.91. The lowest BCUT2D eigenvalue weighted by molar-refractivity contribution is 0.0958. The molecule has 0 saturated heterocycles. The fraction of sp³-hybridized carbons (Fsp3) is 0.118. The van der Waals surface area contributed by atoms with E-state index in [0.29, 0.717) is 10.8 Å². The van der Waals surface area contributed by atoms with Crippen molar-refractivity contribution in [3.8, 4) is 5.75 Å². The number of amides is 1. The Morgan fingerprint density at radius 1 is 1.28 bits per heavy atom. The van der Waals surface area contributed by atoms with E-state index in [4.69, 9.17) is 16.3 Å². The van der Waals surface area contributed by atoms with Crippen molar-refractivity contribution >= 4 is 33.2 Å². The quantitative estimate of drug-likeness (QED) is 0.723. The van der Waals surface area contributed by atoms with Crippen LogP contribution in [0.15, 0.2) is 60.0 Å². The van der Waals surface area contributed by atoms with Crippen LogP contribution in [0.25, 0.3) is 0 Å². The number of nitrogens with one attached hydrogen (secondary N) is 2. The Labute approximate surface area is 151 Å². The SMILES string of the molecule is C=CCNC(=O)c1cccc(S(=O)(=O)Nc2cc(Cl)ccc2OC)c1. The zero-order valence-electron chi connectivity index (χ0n) is 13.5. The summed E-state index contributed by atoms with van der Waals surface area (Å²) in [5, 5.41) is 2.95. The molecule has 0 fully saturated rings. The molecule has 0 unspecified atom stereocenters. The monoisotopic (exact) mass is 380 g/mol. The van der Waals surface area contributed by atoms with Crippen molar-refractivity contribution in [2.45, 2.75) is 4.90 Å². The maximum absolute atomic E-state index is 12.6. The molecule has 0 bridgehead atoms. The third-order valence-electron chi connectivity index (χ3n) is 3.22. The van der Waals surface area contributed by atoms with E-state index in [9.17, 15) is 13.2 Å². The van der Waals surface area contributed by atoms with Crippen molar-refractivity contribution in [2.75, 3.05) is 18.4 Å². The lowest BCUT2D eigenvalue weighted by Crippen LogP contribution is -2.23. The lowest BCUT2D eigenvalue weighted by atomic mass is 10.2. The van der Waals surface area contributed by atoms with Gasteiger partial charge in [0.25, 0.3) is 15.9 Å². The highest BCUT2D eigenvalue weighted by Gasteiger charge is 2.18. The van der Waals surface area contributed by atoms with Gasteiger partial charge < -0.3 is 10.1 Å². The normalized spacial score (nSPS) is 10.8. The molecule has 0 aromatic heterocycles. The van der Waals surface area contributed by atoms with Gasteiger partial charge in [-0.15, -0.1) is 6.58 Å². The summed E-state index contributed by atoms with van der Waals surface area (Å²) in [4.78, 5) is 11.9. The Kier molecular flexibility index (Phi) is 6.06. The molecule has 0 aliphatic rings. The number of sulfonamides is 1. The second kappa shape index (κ2) is 8.04. The predicted molar refractivity (Wildman–Crippen MR) is 97.8 cm³/mol. The molecule has 8 heteroatoms. The van der Waals surface area contributed by atoms with Crippen LogP contribution in [0.4, 0.5) is 5.69 Å². The van der Waals surface area contributed by atoms with E-state index >= 15 is 0 Å². The summed E-state index contributed by atoms with van der Waals surface area (Å²) in [5.41, 5.74) is 0.430. The fourth-order valence-corrected chi connectivity index (χ4v) is 3.31. The molecular weight excluding hydrogens is 364 g/mol. The van der Waals surface area contributed by atoms with Crippen molar-refractivity contribution in [2.24, 2.45) is 0 Å². The van der Waals surface area contributed by atoms with Crippen molar-refractivity contribution in [3.05, 3.63) is 65.7 Å². The molecule has 0 radical (unpaired) electrons. The summed E-state index contributed by atoms with van der Waals surface area (Å²) in [6.45, 7) is 3.80. The molecule has 0 atom stereocenters. The number of hydrogen-bond donors (Lipinski definition) is 2. The number of carbonyl (C=O) groups is 1. The number of benzene rings is 2. The molecule has 2 rings (SSSR count). The number of rotatable bonds is 7. The van der Waals surface area contributed by atoms with Crippen LogP contribution in [0, 0.1) is 0 Å². The van der Waals surface area contributed by atoms with Crippen molar-refractivity contribution in [1.29, 1.82) is 0 Å². The van der Waals surface area contributed by atoms with E-state index in [1.165, 1.54) is 43.5 Å². The molecule has 6 nitrogen and oxygen atoms in total. The molecule has 2 N–H and O–H groups in total. The molecule has 0 heterocycles. The van der Waals surface area contributed by atoms with Gasteiger partial charge in [0.1, 0.15) is 5.75 Å². The molecular formula is C17H17ClN2O4S. The molecule has 1 amide bonds. The average molecular weight is 381 g/mol. The first-order valence-corrected chi connectivity index (χ1v) is 9.09. The third-order valence-corrected chi connectivity index (χ3v) is 4.82. The van der Waals surface area contributed by atoms with E-state index in [-0.39, 0.29) is 22.7 Å². The number of ether oxygens (including phenoxy) is 1. The smallest absolute Gasteiger partial charge is 0.262 e. The highest BCUT2D eigenvalue weighted by molar-refractivity contribution is 7.92. The Bertz CT molecular complexity index is 897. The fourth-order valence-electron chi connectivity index (χ4n) is 2.04. The summed E-state index contributed by atoms with van der Waals surface area (Å²) in [7, 11) is -2.51. The number of halogens is 1. The van der Waals surface area contributed by atoms with Gasteiger partial charge in [-0.05, 0) is 36.4 Å². The minimum absolute atomic E-state index is 0.0548. The Morgan fingerprint density at radius 2 is 2.04 bits per heavy atom. The van der Waals surface area contributed by atoms with Gasteiger partial charge in [0.15, 0.2) is 0 Å². The highest BCUT2D eigenvalue weighted by atomic mass is 35.5. The van der Waals surface area contributed by atoms with Gasteiger partial charge in [-0.1, -0.05) is 23.7 Å². The first-order valence-electron chi connectivity index (χ1n) is 7.23. The van der Waals surface area contributed by atoms with Crippen LogP contribution < -0.4 is 14.8 Å². The maximum Gasteiger partial charge on any atom is 0.262 e. The zero-order valence-corrected chi connectivity index (χ0v) is 15.0. The number of hydrogen-bond acceptors (Lipinski definition) is 4. The van der Waals surface area contributed by atoms with E-state index in [1.54, 1.807) is 12.1 Å². The first kappa shape index (κ1) is 18.8. The highest BCUT2D eigenvalue weighted by Crippen LogP contribution is 2.29. The summed E-state index contributed by atoms with van der Waals surface area (Å²) in [6.07, 6.45) is 1.53. The van der Waals surface area contributed by atoms with Gasteiger partial charge in [-0.25, -0.2) is 8.42 Å². The molecule has 0 spiro atoms. The maximum atomic E-state index is 12.6. The summed E-state index contributed by atoms with van der Waals surface area (Å²) < 4.78 is 32.8. The Balaban J connectivity index is 2.33. The van der Waals surface area contributed by atoms with Crippen LogP contribution >= 0.6 is 11.6 Å². The number of anilines is 1. The molecule has 25 heavy (non-hydrogen) atoms. The van der Waals surface area contributed by atoms with Gasteiger partial charge >= 0.3 is 0 Å². The molecule has 0 saturated carbocycles. The standard InChI is InChI=1S/C17H17ClN2O4S/c1-3-9-19-17(21)12-5-4-6-14(10-12)25(22,23)20-15-11-13(18)7-8-16(15)24-2/h3-8,10-11,20H,1,9H2,2H3,(H,19,21). The van der Waals surface area contributed by atoms with Crippen molar-refractivity contribution in [3.63, 3.8) is 0 Å². The third kappa shape index (κ3) is 4.74. The van der Waals surface area contributed by atoms with E-state index < -0.39 is 15.9 Å². The topological polar surface area (TPSA) is 84.5 Å².